The molecule has 2 aliphatic heterocycles. The Morgan fingerprint density at radius 2 is 1.74 bits per heavy atom. The molecule has 2 saturated heterocycles. The minimum Gasteiger partial charge on any atom is -0.343 e. The molecular formula is C15H29N3O. The zero-order chi connectivity index (χ0) is 13.7. The molecule has 2 fully saturated rings. The molecule has 2 heterocycles. The Bertz CT molecular complexity index is 279. The van der Waals surface area contributed by atoms with Crippen LogP contribution in [0.4, 0.5) is 0 Å². The highest BCUT2D eigenvalue weighted by Crippen LogP contribution is 2.21. The fourth-order valence-corrected chi connectivity index (χ4v) is 3.34. The number of carbonyl (C=O) groups is 1. The number of likely N-dealkylation sites (tertiary alicyclic amines) is 1. The number of piperidine rings is 2. The van der Waals surface area contributed by atoms with Crippen LogP contribution in [0.3, 0.4) is 0 Å². The average molecular weight is 267 g/mol. The normalized spacial score (nSPS) is 23.0. The molecule has 0 aromatic heterocycles. The summed E-state index contributed by atoms with van der Waals surface area (Å²) in [6.45, 7) is 5.28. The van der Waals surface area contributed by atoms with Crippen molar-refractivity contribution in [2.75, 3.05) is 46.8 Å². The van der Waals surface area contributed by atoms with Crippen LogP contribution in [0.15, 0.2) is 0 Å². The van der Waals surface area contributed by atoms with Crippen molar-refractivity contribution in [3.05, 3.63) is 0 Å². The fraction of sp³-hybridized carbons (Fsp3) is 0.933. The SMILES string of the molecule is CN(C)CC1CCN(C(=O)CC2CCNCC2)CC1. The van der Waals surface area contributed by atoms with E-state index in [1.165, 1.54) is 25.7 Å². The van der Waals surface area contributed by atoms with Crippen molar-refractivity contribution in [1.29, 1.82) is 0 Å². The van der Waals surface area contributed by atoms with Gasteiger partial charge in [0, 0.05) is 26.1 Å². The molecule has 0 saturated carbocycles. The van der Waals surface area contributed by atoms with E-state index in [2.05, 4.69) is 29.2 Å². The third-order valence-electron chi connectivity index (χ3n) is 4.51. The minimum absolute atomic E-state index is 0.398. The van der Waals surface area contributed by atoms with E-state index in [9.17, 15) is 4.79 Å². The molecule has 1 N–H and O–H groups in total. The van der Waals surface area contributed by atoms with Gasteiger partial charge in [0.2, 0.25) is 5.91 Å². The van der Waals surface area contributed by atoms with Gasteiger partial charge >= 0.3 is 0 Å². The van der Waals surface area contributed by atoms with Gasteiger partial charge in [-0.25, -0.2) is 0 Å². The van der Waals surface area contributed by atoms with E-state index in [0.29, 0.717) is 11.8 Å². The maximum Gasteiger partial charge on any atom is 0.222 e. The molecule has 0 aromatic rings. The van der Waals surface area contributed by atoms with Gasteiger partial charge in [0.25, 0.3) is 0 Å². The first-order valence-corrected chi connectivity index (χ1v) is 7.78. The number of nitrogens with zero attached hydrogens (tertiary/aromatic N) is 2. The summed E-state index contributed by atoms with van der Waals surface area (Å²) >= 11 is 0. The first kappa shape index (κ1) is 14.8. The predicted molar refractivity (Wildman–Crippen MR) is 78.1 cm³/mol. The van der Waals surface area contributed by atoms with Gasteiger partial charge in [-0.3, -0.25) is 4.79 Å². The van der Waals surface area contributed by atoms with E-state index in [0.717, 1.165) is 45.1 Å². The van der Waals surface area contributed by atoms with Crippen molar-refractivity contribution in [2.45, 2.75) is 32.1 Å². The molecule has 19 heavy (non-hydrogen) atoms. The van der Waals surface area contributed by atoms with Crippen molar-refractivity contribution < 1.29 is 4.79 Å². The first-order valence-electron chi connectivity index (χ1n) is 7.78. The lowest BCUT2D eigenvalue weighted by molar-refractivity contribution is -0.133. The average Bonchev–Trinajstić information content (AvgIpc) is 2.40. The highest BCUT2D eigenvalue weighted by atomic mass is 16.2. The van der Waals surface area contributed by atoms with Crippen LogP contribution < -0.4 is 5.32 Å². The molecular weight excluding hydrogens is 238 g/mol. The number of carbonyl (C=O) groups excluding carboxylic acids is 1. The summed E-state index contributed by atoms with van der Waals surface area (Å²) in [6.07, 6.45) is 5.47. The second kappa shape index (κ2) is 7.25. The number of nitrogens with one attached hydrogen (secondary N) is 1. The van der Waals surface area contributed by atoms with E-state index in [1.807, 2.05) is 0 Å². The van der Waals surface area contributed by atoms with Crippen LogP contribution in [0.2, 0.25) is 0 Å². The summed E-state index contributed by atoms with van der Waals surface area (Å²) in [5.41, 5.74) is 0. The molecule has 2 rings (SSSR count). The monoisotopic (exact) mass is 267 g/mol. The Hall–Kier alpha value is -0.610. The Balaban J connectivity index is 1.69. The Kier molecular flexibility index (Phi) is 5.64. The highest BCUT2D eigenvalue weighted by molar-refractivity contribution is 5.76. The van der Waals surface area contributed by atoms with Gasteiger partial charge in [-0.1, -0.05) is 0 Å². The largest absolute Gasteiger partial charge is 0.343 e. The van der Waals surface area contributed by atoms with Gasteiger partial charge in [0.15, 0.2) is 0 Å². The molecule has 0 radical (unpaired) electrons. The minimum atomic E-state index is 0.398. The summed E-state index contributed by atoms with van der Waals surface area (Å²) in [5, 5.41) is 3.36. The Labute approximate surface area is 117 Å². The fourth-order valence-electron chi connectivity index (χ4n) is 3.34. The summed E-state index contributed by atoms with van der Waals surface area (Å²) in [5.74, 6) is 1.79. The van der Waals surface area contributed by atoms with E-state index in [1.54, 1.807) is 0 Å². The summed E-state index contributed by atoms with van der Waals surface area (Å²) < 4.78 is 0. The van der Waals surface area contributed by atoms with Gasteiger partial charge in [-0.05, 0) is 64.7 Å². The van der Waals surface area contributed by atoms with Crippen LogP contribution in [-0.2, 0) is 4.79 Å². The lowest BCUT2D eigenvalue weighted by atomic mass is 9.92. The molecule has 0 aliphatic carbocycles. The summed E-state index contributed by atoms with van der Waals surface area (Å²) in [6, 6.07) is 0. The quantitative estimate of drug-likeness (QED) is 0.831. The third kappa shape index (κ3) is 4.77. The molecule has 0 unspecified atom stereocenters. The second-order valence-electron chi connectivity index (χ2n) is 6.48. The second-order valence-corrected chi connectivity index (χ2v) is 6.48. The number of hydrogen-bond donors (Lipinski definition) is 1. The third-order valence-corrected chi connectivity index (χ3v) is 4.51. The smallest absolute Gasteiger partial charge is 0.222 e. The van der Waals surface area contributed by atoms with Gasteiger partial charge < -0.3 is 15.1 Å². The van der Waals surface area contributed by atoms with Crippen LogP contribution in [0, 0.1) is 11.8 Å². The molecule has 2 aliphatic rings. The highest BCUT2D eigenvalue weighted by Gasteiger charge is 2.25. The standard InChI is InChI=1S/C15H29N3O/c1-17(2)12-14-5-9-18(10-6-14)15(19)11-13-3-7-16-8-4-13/h13-14,16H,3-12H2,1-2H3. The van der Waals surface area contributed by atoms with Gasteiger partial charge in [-0.15, -0.1) is 0 Å². The molecule has 110 valence electrons. The zero-order valence-electron chi connectivity index (χ0n) is 12.5. The first-order chi connectivity index (χ1) is 9.15. The Morgan fingerprint density at radius 3 is 2.32 bits per heavy atom. The van der Waals surface area contributed by atoms with E-state index in [-0.39, 0.29) is 0 Å². The maximum atomic E-state index is 12.3. The van der Waals surface area contributed by atoms with Crippen molar-refractivity contribution in [3.63, 3.8) is 0 Å². The molecule has 4 nitrogen and oxygen atoms in total. The summed E-state index contributed by atoms with van der Waals surface area (Å²) in [4.78, 5) is 16.7. The van der Waals surface area contributed by atoms with Crippen LogP contribution in [0.5, 0.6) is 0 Å². The molecule has 0 aromatic carbocycles. The van der Waals surface area contributed by atoms with Crippen molar-refractivity contribution in [2.24, 2.45) is 11.8 Å². The van der Waals surface area contributed by atoms with E-state index >= 15 is 0 Å². The van der Waals surface area contributed by atoms with Crippen molar-refractivity contribution in [3.8, 4) is 0 Å². The molecule has 0 atom stereocenters. The van der Waals surface area contributed by atoms with Gasteiger partial charge in [0.1, 0.15) is 0 Å². The van der Waals surface area contributed by atoms with Crippen molar-refractivity contribution in [1.82, 2.24) is 15.1 Å². The number of amides is 1. The van der Waals surface area contributed by atoms with Gasteiger partial charge in [-0.2, -0.15) is 0 Å². The van der Waals surface area contributed by atoms with Crippen LogP contribution in [-0.4, -0.2) is 62.5 Å². The number of rotatable bonds is 4. The summed E-state index contributed by atoms with van der Waals surface area (Å²) in [7, 11) is 4.27. The zero-order valence-corrected chi connectivity index (χ0v) is 12.5. The van der Waals surface area contributed by atoms with Gasteiger partial charge in [0.05, 0.1) is 0 Å². The Morgan fingerprint density at radius 1 is 1.11 bits per heavy atom. The number of hydrogen-bond acceptors (Lipinski definition) is 3. The molecule has 1 amide bonds. The van der Waals surface area contributed by atoms with Crippen LogP contribution in [0.1, 0.15) is 32.1 Å². The van der Waals surface area contributed by atoms with Crippen LogP contribution in [0.25, 0.3) is 0 Å². The molecule has 0 bridgehead atoms. The van der Waals surface area contributed by atoms with Crippen molar-refractivity contribution >= 4 is 5.91 Å². The lowest BCUT2D eigenvalue weighted by Gasteiger charge is -2.34. The van der Waals surface area contributed by atoms with Crippen LogP contribution >= 0.6 is 0 Å². The maximum absolute atomic E-state index is 12.3. The topological polar surface area (TPSA) is 35.6 Å². The lowest BCUT2D eigenvalue weighted by Crippen LogP contribution is -2.42. The van der Waals surface area contributed by atoms with E-state index < -0.39 is 0 Å². The molecule has 0 spiro atoms. The molecule has 4 heteroatoms. The van der Waals surface area contributed by atoms with E-state index in [4.69, 9.17) is 0 Å². The predicted octanol–water partition coefficient (Wildman–Crippen LogP) is 1.18.